The molecule has 1 aromatic rings. The number of rotatable bonds is 1. The van der Waals surface area contributed by atoms with Crippen LogP contribution in [-0.2, 0) is 7.05 Å². The van der Waals surface area contributed by atoms with E-state index in [2.05, 4.69) is 40.9 Å². The van der Waals surface area contributed by atoms with Crippen LogP contribution < -0.4 is 9.47 Å². The van der Waals surface area contributed by atoms with Crippen molar-refractivity contribution in [1.82, 2.24) is 0 Å². The van der Waals surface area contributed by atoms with Gasteiger partial charge in [-0.25, -0.2) is 4.57 Å². The van der Waals surface area contributed by atoms with Gasteiger partial charge in [0.05, 0.1) is 26.3 Å². The molecule has 1 fully saturated rings. The standard InChI is InChI=1S/C10H15N2/c1-11-7-3-2-6-10(11)12-8-4-5-9-12/h2-3,6-7H,4-5,8-9H2,1H3/q+1. The van der Waals surface area contributed by atoms with Crippen molar-refractivity contribution in [3.63, 3.8) is 0 Å². The van der Waals surface area contributed by atoms with Crippen LogP contribution in [0.15, 0.2) is 24.4 Å². The van der Waals surface area contributed by atoms with Gasteiger partial charge in [0.15, 0.2) is 0 Å². The van der Waals surface area contributed by atoms with Crippen molar-refractivity contribution in [1.29, 1.82) is 0 Å². The van der Waals surface area contributed by atoms with Gasteiger partial charge in [-0.05, 0) is 18.9 Å². The van der Waals surface area contributed by atoms with E-state index in [0.29, 0.717) is 0 Å². The van der Waals surface area contributed by atoms with Crippen molar-refractivity contribution in [2.75, 3.05) is 18.0 Å². The molecule has 64 valence electrons. The number of nitrogens with zero attached hydrogens (tertiary/aromatic N) is 2. The maximum Gasteiger partial charge on any atom is 0.276 e. The highest BCUT2D eigenvalue weighted by Gasteiger charge is 2.20. The molecule has 1 aliphatic rings. The third-order valence-electron chi connectivity index (χ3n) is 2.46. The van der Waals surface area contributed by atoms with Crippen molar-refractivity contribution < 1.29 is 4.57 Å². The van der Waals surface area contributed by atoms with Crippen LogP contribution in [0.4, 0.5) is 5.82 Å². The lowest BCUT2D eigenvalue weighted by Crippen LogP contribution is -2.37. The third kappa shape index (κ3) is 1.29. The minimum absolute atomic E-state index is 1.22. The summed E-state index contributed by atoms with van der Waals surface area (Å²) in [6, 6.07) is 6.36. The summed E-state index contributed by atoms with van der Waals surface area (Å²) in [5.74, 6) is 1.34. The quantitative estimate of drug-likeness (QED) is 0.563. The predicted octanol–water partition coefficient (Wildman–Crippen LogP) is 1.11. The molecular formula is C10H15N2+. The maximum atomic E-state index is 2.44. The van der Waals surface area contributed by atoms with Crippen LogP contribution in [0.3, 0.4) is 0 Å². The Kier molecular flexibility index (Phi) is 1.98. The molecule has 1 aromatic heterocycles. The minimum atomic E-state index is 1.22. The van der Waals surface area contributed by atoms with Crippen LogP contribution in [0.2, 0.25) is 0 Å². The third-order valence-corrected chi connectivity index (χ3v) is 2.46. The van der Waals surface area contributed by atoms with Crippen LogP contribution >= 0.6 is 0 Å². The Bertz CT molecular complexity index is 264. The molecule has 0 aromatic carbocycles. The summed E-state index contributed by atoms with van der Waals surface area (Å²) in [6.45, 7) is 2.44. The summed E-state index contributed by atoms with van der Waals surface area (Å²) < 4.78 is 2.19. The Morgan fingerprint density at radius 1 is 1.25 bits per heavy atom. The fourth-order valence-corrected chi connectivity index (χ4v) is 1.79. The minimum Gasteiger partial charge on any atom is -0.262 e. The molecule has 0 radical (unpaired) electrons. The van der Waals surface area contributed by atoms with E-state index >= 15 is 0 Å². The SMILES string of the molecule is C[n+]1ccccc1N1CCCC1. The maximum absolute atomic E-state index is 2.44. The van der Waals surface area contributed by atoms with E-state index < -0.39 is 0 Å². The largest absolute Gasteiger partial charge is 0.276 e. The molecule has 0 atom stereocenters. The molecule has 0 unspecified atom stereocenters. The molecule has 2 nitrogen and oxygen atoms in total. The van der Waals surface area contributed by atoms with E-state index in [1.54, 1.807) is 0 Å². The summed E-state index contributed by atoms with van der Waals surface area (Å²) in [6.07, 6.45) is 4.79. The molecule has 0 amide bonds. The molecule has 0 aliphatic carbocycles. The summed E-state index contributed by atoms with van der Waals surface area (Å²) in [4.78, 5) is 2.44. The smallest absolute Gasteiger partial charge is 0.262 e. The van der Waals surface area contributed by atoms with E-state index in [1.165, 1.54) is 31.7 Å². The Labute approximate surface area is 73.4 Å². The lowest BCUT2D eigenvalue weighted by molar-refractivity contribution is -0.658. The predicted molar refractivity (Wildman–Crippen MR) is 49.1 cm³/mol. The zero-order valence-electron chi connectivity index (χ0n) is 7.53. The van der Waals surface area contributed by atoms with Gasteiger partial charge >= 0.3 is 0 Å². The Hall–Kier alpha value is -1.05. The van der Waals surface area contributed by atoms with Crippen LogP contribution in [0.25, 0.3) is 0 Å². The Balaban J connectivity index is 2.26. The van der Waals surface area contributed by atoms with Gasteiger partial charge in [0.1, 0.15) is 0 Å². The molecule has 1 aliphatic heterocycles. The molecular weight excluding hydrogens is 148 g/mol. The van der Waals surface area contributed by atoms with E-state index in [4.69, 9.17) is 0 Å². The molecule has 1 saturated heterocycles. The molecule has 0 saturated carbocycles. The summed E-state index contributed by atoms with van der Waals surface area (Å²) in [5, 5.41) is 0. The van der Waals surface area contributed by atoms with Crippen LogP contribution in [-0.4, -0.2) is 13.1 Å². The average Bonchev–Trinajstić information content (AvgIpc) is 2.57. The first-order valence-corrected chi connectivity index (χ1v) is 4.57. The second-order valence-corrected chi connectivity index (χ2v) is 3.36. The van der Waals surface area contributed by atoms with Crippen LogP contribution in [0, 0.1) is 0 Å². The fourth-order valence-electron chi connectivity index (χ4n) is 1.79. The average molecular weight is 163 g/mol. The number of anilines is 1. The van der Waals surface area contributed by atoms with Gasteiger partial charge in [0.2, 0.25) is 0 Å². The fraction of sp³-hybridized carbons (Fsp3) is 0.500. The first kappa shape index (κ1) is 7.59. The molecule has 0 spiro atoms. The first-order valence-electron chi connectivity index (χ1n) is 4.57. The summed E-state index contributed by atoms with van der Waals surface area (Å²) in [5.41, 5.74) is 0. The summed E-state index contributed by atoms with van der Waals surface area (Å²) in [7, 11) is 2.10. The number of pyridine rings is 1. The zero-order valence-corrected chi connectivity index (χ0v) is 7.53. The van der Waals surface area contributed by atoms with E-state index in [1.807, 2.05) is 0 Å². The Morgan fingerprint density at radius 3 is 2.67 bits per heavy atom. The molecule has 2 heteroatoms. The number of aromatic nitrogens is 1. The van der Waals surface area contributed by atoms with Gasteiger partial charge < -0.3 is 0 Å². The highest BCUT2D eigenvalue weighted by Crippen LogP contribution is 2.14. The van der Waals surface area contributed by atoms with Crippen molar-refractivity contribution in [2.45, 2.75) is 12.8 Å². The molecule has 12 heavy (non-hydrogen) atoms. The van der Waals surface area contributed by atoms with Gasteiger partial charge in [0, 0.05) is 6.07 Å². The van der Waals surface area contributed by atoms with Gasteiger partial charge in [-0.2, -0.15) is 0 Å². The Morgan fingerprint density at radius 2 is 2.00 bits per heavy atom. The zero-order chi connectivity index (χ0) is 8.39. The second-order valence-electron chi connectivity index (χ2n) is 3.36. The van der Waals surface area contributed by atoms with Crippen molar-refractivity contribution >= 4 is 5.82 Å². The highest BCUT2D eigenvalue weighted by atomic mass is 15.2. The highest BCUT2D eigenvalue weighted by molar-refractivity contribution is 5.33. The number of aryl methyl sites for hydroxylation is 1. The molecule has 0 bridgehead atoms. The van der Waals surface area contributed by atoms with E-state index in [-0.39, 0.29) is 0 Å². The number of hydrogen-bond donors (Lipinski definition) is 0. The van der Waals surface area contributed by atoms with E-state index in [9.17, 15) is 0 Å². The van der Waals surface area contributed by atoms with Crippen molar-refractivity contribution in [2.24, 2.45) is 7.05 Å². The van der Waals surface area contributed by atoms with E-state index in [0.717, 1.165) is 0 Å². The second kappa shape index (κ2) is 3.13. The lowest BCUT2D eigenvalue weighted by atomic mass is 10.4. The molecule has 0 N–H and O–H groups in total. The van der Waals surface area contributed by atoms with Crippen LogP contribution in [0.1, 0.15) is 12.8 Å². The van der Waals surface area contributed by atoms with Gasteiger partial charge in [-0.15, -0.1) is 0 Å². The van der Waals surface area contributed by atoms with Gasteiger partial charge in [-0.1, -0.05) is 6.07 Å². The van der Waals surface area contributed by atoms with Gasteiger partial charge in [-0.3, -0.25) is 4.90 Å². The number of hydrogen-bond acceptors (Lipinski definition) is 1. The molecule has 2 heterocycles. The van der Waals surface area contributed by atoms with Crippen molar-refractivity contribution in [3.05, 3.63) is 24.4 Å². The van der Waals surface area contributed by atoms with Crippen molar-refractivity contribution in [3.8, 4) is 0 Å². The van der Waals surface area contributed by atoms with Crippen LogP contribution in [0.5, 0.6) is 0 Å². The first-order chi connectivity index (χ1) is 5.88. The molecule has 2 rings (SSSR count). The monoisotopic (exact) mass is 163 g/mol. The summed E-state index contributed by atoms with van der Waals surface area (Å²) >= 11 is 0. The van der Waals surface area contributed by atoms with Gasteiger partial charge in [0.25, 0.3) is 5.82 Å². The topological polar surface area (TPSA) is 7.12 Å². The normalized spacial score (nSPS) is 16.9. The lowest BCUT2D eigenvalue weighted by Gasteiger charge is -2.10.